The van der Waals surface area contributed by atoms with Crippen molar-refractivity contribution in [1.82, 2.24) is 15.0 Å². The summed E-state index contributed by atoms with van der Waals surface area (Å²) >= 11 is 0. The highest BCUT2D eigenvalue weighted by atomic mass is 14.9. The molecule has 0 amide bonds. The third-order valence-electron chi connectivity index (χ3n) is 5.95. The summed E-state index contributed by atoms with van der Waals surface area (Å²) in [6.07, 6.45) is 3.84. The Labute approximate surface area is 192 Å². The molecule has 3 heteroatoms. The first-order valence-corrected chi connectivity index (χ1v) is 11.0. The predicted molar refractivity (Wildman–Crippen MR) is 136 cm³/mol. The zero-order chi connectivity index (χ0) is 22.0. The van der Waals surface area contributed by atoms with Crippen molar-refractivity contribution < 1.29 is 0 Å². The number of hydrogen-bond acceptors (Lipinski definition) is 2. The third kappa shape index (κ3) is 3.60. The van der Waals surface area contributed by atoms with Crippen LogP contribution in [0.25, 0.3) is 55.8 Å². The Bertz CT molecular complexity index is 1470. The van der Waals surface area contributed by atoms with E-state index in [0.717, 1.165) is 50.4 Å². The number of H-pyrrole nitrogens is 1. The van der Waals surface area contributed by atoms with Gasteiger partial charge in [0.25, 0.3) is 0 Å². The number of rotatable bonds is 4. The predicted octanol–water partition coefficient (Wildman–Crippen LogP) is 7.63. The van der Waals surface area contributed by atoms with E-state index in [1.165, 1.54) is 5.39 Å². The largest absolute Gasteiger partial charge is 0.337 e. The summed E-state index contributed by atoms with van der Waals surface area (Å²) in [5.41, 5.74) is 7.52. The molecule has 6 aromatic rings. The molecule has 0 saturated heterocycles. The summed E-state index contributed by atoms with van der Waals surface area (Å²) in [4.78, 5) is 13.0. The maximum atomic E-state index is 5.01. The van der Waals surface area contributed by atoms with Crippen LogP contribution in [-0.4, -0.2) is 15.0 Å². The summed E-state index contributed by atoms with van der Waals surface area (Å²) in [7, 11) is 0. The molecule has 0 bridgehead atoms. The van der Waals surface area contributed by atoms with E-state index in [9.17, 15) is 0 Å². The van der Waals surface area contributed by atoms with Gasteiger partial charge in [-0.25, -0.2) is 4.98 Å². The zero-order valence-electron chi connectivity index (χ0n) is 17.9. The number of nitrogens with zero attached hydrogens (tertiary/aromatic N) is 2. The van der Waals surface area contributed by atoms with Gasteiger partial charge in [0.05, 0.1) is 11.4 Å². The maximum Gasteiger partial charge on any atom is 0.138 e. The Morgan fingerprint density at radius 3 is 1.91 bits per heavy atom. The van der Waals surface area contributed by atoms with Crippen LogP contribution in [0.1, 0.15) is 0 Å². The first-order valence-electron chi connectivity index (χ1n) is 11.0. The quantitative estimate of drug-likeness (QED) is 0.317. The summed E-state index contributed by atoms with van der Waals surface area (Å²) in [6, 6.07) is 37.6. The second-order valence-corrected chi connectivity index (χ2v) is 8.03. The molecule has 0 aliphatic carbocycles. The first-order chi connectivity index (χ1) is 16.4. The molecule has 0 aliphatic heterocycles. The fourth-order valence-corrected chi connectivity index (χ4v) is 4.28. The standard InChI is InChI=1S/C30H21N3/c1-3-9-22(10-4-1)28-29(23-11-5-2-6-12-23)33-30(32-28)24-17-15-21(16-18-24)27-20-31-19-25-13-7-8-14-26(25)27/h1-20H,(H,32,33). The molecule has 0 saturated carbocycles. The van der Waals surface area contributed by atoms with Gasteiger partial charge in [-0.2, -0.15) is 0 Å². The molecule has 156 valence electrons. The van der Waals surface area contributed by atoms with Crippen molar-refractivity contribution in [3.05, 3.63) is 122 Å². The molecular weight excluding hydrogens is 402 g/mol. The van der Waals surface area contributed by atoms with Gasteiger partial charge in [-0.05, 0) is 10.9 Å². The van der Waals surface area contributed by atoms with Gasteiger partial charge in [0, 0.05) is 40.0 Å². The Balaban J connectivity index is 1.43. The summed E-state index contributed by atoms with van der Waals surface area (Å²) in [6.45, 7) is 0. The van der Waals surface area contributed by atoms with Gasteiger partial charge >= 0.3 is 0 Å². The molecule has 33 heavy (non-hydrogen) atoms. The van der Waals surface area contributed by atoms with Crippen molar-refractivity contribution in [2.75, 3.05) is 0 Å². The van der Waals surface area contributed by atoms with Crippen molar-refractivity contribution in [1.29, 1.82) is 0 Å². The highest BCUT2D eigenvalue weighted by Crippen LogP contribution is 2.34. The molecule has 0 atom stereocenters. The van der Waals surface area contributed by atoms with Crippen LogP contribution in [0.2, 0.25) is 0 Å². The second-order valence-electron chi connectivity index (χ2n) is 8.03. The minimum atomic E-state index is 0.857. The maximum absolute atomic E-state index is 5.01. The summed E-state index contributed by atoms with van der Waals surface area (Å²) in [5.74, 6) is 0.857. The fourth-order valence-electron chi connectivity index (χ4n) is 4.28. The summed E-state index contributed by atoms with van der Waals surface area (Å²) in [5, 5.41) is 2.35. The van der Waals surface area contributed by atoms with Crippen LogP contribution in [-0.2, 0) is 0 Å². The molecular formula is C30H21N3. The molecule has 0 unspecified atom stereocenters. The topological polar surface area (TPSA) is 41.6 Å². The van der Waals surface area contributed by atoms with Gasteiger partial charge < -0.3 is 4.98 Å². The van der Waals surface area contributed by atoms with Crippen LogP contribution in [0.5, 0.6) is 0 Å². The number of aromatic nitrogens is 3. The molecule has 1 N–H and O–H groups in total. The number of nitrogens with one attached hydrogen (secondary N) is 1. The number of benzene rings is 4. The van der Waals surface area contributed by atoms with Crippen molar-refractivity contribution in [3.8, 4) is 45.0 Å². The van der Waals surface area contributed by atoms with E-state index >= 15 is 0 Å². The van der Waals surface area contributed by atoms with Crippen molar-refractivity contribution in [2.45, 2.75) is 0 Å². The fraction of sp³-hybridized carbons (Fsp3) is 0. The highest BCUT2D eigenvalue weighted by molar-refractivity contribution is 5.96. The van der Waals surface area contributed by atoms with Crippen LogP contribution < -0.4 is 0 Å². The van der Waals surface area contributed by atoms with Gasteiger partial charge in [0.2, 0.25) is 0 Å². The molecule has 4 aromatic carbocycles. The van der Waals surface area contributed by atoms with Crippen molar-refractivity contribution >= 4 is 10.8 Å². The van der Waals surface area contributed by atoms with E-state index in [-0.39, 0.29) is 0 Å². The van der Waals surface area contributed by atoms with Crippen LogP contribution in [0, 0.1) is 0 Å². The lowest BCUT2D eigenvalue weighted by atomic mass is 10.00. The molecule has 2 heterocycles. The first kappa shape index (κ1) is 19.2. The Hall–Kier alpha value is -4.50. The molecule has 2 aromatic heterocycles. The van der Waals surface area contributed by atoms with E-state index in [0.29, 0.717) is 0 Å². The number of hydrogen-bond donors (Lipinski definition) is 1. The molecule has 6 rings (SSSR count). The Morgan fingerprint density at radius 2 is 1.15 bits per heavy atom. The average Bonchev–Trinajstić information content (AvgIpc) is 3.35. The minimum absolute atomic E-state index is 0.857. The van der Waals surface area contributed by atoms with Gasteiger partial charge in [0.15, 0.2) is 0 Å². The molecule has 0 fully saturated rings. The minimum Gasteiger partial charge on any atom is -0.337 e. The average molecular weight is 424 g/mol. The van der Waals surface area contributed by atoms with Gasteiger partial charge in [-0.15, -0.1) is 0 Å². The van der Waals surface area contributed by atoms with E-state index in [2.05, 4.69) is 88.8 Å². The number of fused-ring (bicyclic) bond motifs is 1. The molecule has 0 aliphatic rings. The van der Waals surface area contributed by atoms with E-state index < -0.39 is 0 Å². The number of pyridine rings is 1. The van der Waals surface area contributed by atoms with E-state index in [1.807, 2.05) is 42.7 Å². The monoisotopic (exact) mass is 423 g/mol. The molecule has 0 radical (unpaired) electrons. The molecule has 3 nitrogen and oxygen atoms in total. The normalized spacial score (nSPS) is 11.0. The second kappa shape index (κ2) is 8.21. The van der Waals surface area contributed by atoms with Crippen molar-refractivity contribution in [3.63, 3.8) is 0 Å². The van der Waals surface area contributed by atoms with E-state index in [4.69, 9.17) is 4.98 Å². The lowest BCUT2D eigenvalue weighted by Crippen LogP contribution is -1.85. The van der Waals surface area contributed by atoms with Crippen LogP contribution in [0.15, 0.2) is 122 Å². The Morgan fingerprint density at radius 1 is 0.515 bits per heavy atom. The van der Waals surface area contributed by atoms with Crippen LogP contribution >= 0.6 is 0 Å². The van der Waals surface area contributed by atoms with E-state index in [1.54, 1.807) is 0 Å². The lowest BCUT2D eigenvalue weighted by molar-refractivity contribution is 1.31. The third-order valence-corrected chi connectivity index (χ3v) is 5.95. The lowest BCUT2D eigenvalue weighted by Gasteiger charge is -2.07. The SMILES string of the molecule is c1ccc(-c2nc(-c3ccc(-c4cncc5ccccc45)cc3)[nH]c2-c2ccccc2)cc1. The van der Waals surface area contributed by atoms with Gasteiger partial charge in [-0.3, -0.25) is 4.98 Å². The summed E-state index contributed by atoms with van der Waals surface area (Å²) < 4.78 is 0. The Kier molecular flexibility index (Phi) is 4.78. The van der Waals surface area contributed by atoms with Crippen LogP contribution in [0.4, 0.5) is 0 Å². The number of aromatic amines is 1. The van der Waals surface area contributed by atoms with Crippen molar-refractivity contribution in [2.24, 2.45) is 0 Å². The number of imidazole rings is 1. The smallest absolute Gasteiger partial charge is 0.138 e. The molecule has 0 spiro atoms. The van der Waals surface area contributed by atoms with Gasteiger partial charge in [0.1, 0.15) is 5.82 Å². The zero-order valence-corrected chi connectivity index (χ0v) is 17.9. The van der Waals surface area contributed by atoms with Gasteiger partial charge in [-0.1, -0.05) is 109 Å². The highest BCUT2D eigenvalue weighted by Gasteiger charge is 2.15. The van der Waals surface area contributed by atoms with Crippen LogP contribution in [0.3, 0.4) is 0 Å².